The van der Waals surface area contributed by atoms with Gasteiger partial charge in [0.05, 0.1) is 6.61 Å². The molecule has 1 aliphatic rings. The topological polar surface area (TPSA) is 85.2 Å². The predicted molar refractivity (Wildman–Crippen MR) is 50.3 cm³/mol. The maximum absolute atomic E-state index is 11.7. The van der Waals surface area contributed by atoms with Gasteiger partial charge in [0, 0.05) is 6.42 Å². The second-order valence-corrected chi connectivity index (χ2v) is 5.04. The Balaban J connectivity index is 2.40. The summed E-state index contributed by atoms with van der Waals surface area (Å²) in [4.78, 5) is 10.8. The van der Waals surface area contributed by atoms with Gasteiger partial charge in [-0.1, -0.05) is 0 Å². The Morgan fingerprint density at radius 2 is 2.12 bits per heavy atom. The highest BCUT2D eigenvalue weighted by Gasteiger charge is 2.38. The number of hydrogen-bond donors (Lipinski definition) is 2. The molecule has 6 nitrogen and oxygen atoms in total. The zero-order valence-electron chi connectivity index (χ0n) is 8.48. The van der Waals surface area contributed by atoms with Crippen LogP contribution >= 0.6 is 10.9 Å². The second-order valence-electron chi connectivity index (χ2n) is 3.20. The molecule has 0 saturated carbocycles. The minimum Gasteiger partial charge on any atom is -0.425 e. The Labute approximate surface area is 96.2 Å². The minimum atomic E-state index is -4.66. The summed E-state index contributed by atoms with van der Waals surface area (Å²) in [5.41, 5.74) is -1.39. The first-order valence-corrected chi connectivity index (χ1v) is 6.06. The van der Waals surface area contributed by atoms with Crippen molar-refractivity contribution in [2.24, 2.45) is 0 Å². The van der Waals surface area contributed by atoms with E-state index in [-0.39, 0.29) is 13.0 Å². The summed E-state index contributed by atoms with van der Waals surface area (Å²) in [6.07, 6.45) is -5.79. The van der Waals surface area contributed by atoms with Crippen LogP contribution in [0.4, 0.5) is 18.0 Å². The van der Waals surface area contributed by atoms with Crippen molar-refractivity contribution < 1.29 is 40.7 Å². The quantitative estimate of drug-likeness (QED) is 0.756. The summed E-state index contributed by atoms with van der Waals surface area (Å²) >= 11 is 0. The average molecular weight is 280 g/mol. The van der Waals surface area contributed by atoms with Gasteiger partial charge in [0.1, 0.15) is 10.9 Å². The van der Waals surface area contributed by atoms with Gasteiger partial charge < -0.3 is 18.6 Å². The molecule has 1 aliphatic heterocycles. The summed E-state index contributed by atoms with van der Waals surface area (Å²) in [5.74, 6) is 0. The summed E-state index contributed by atoms with van der Waals surface area (Å²) in [6, 6.07) is 0. The highest BCUT2D eigenvalue weighted by molar-refractivity contribution is 8.20. The van der Waals surface area contributed by atoms with Crippen molar-refractivity contribution in [3.05, 3.63) is 0 Å². The van der Waals surface area contributed by atoms with Gasteiger partial charge >= 0.3 is 12.3 Å². The maximum atomic E-state index is 11.7. The lowest BCUT2D eigenvalue weighted by atomic mass is 10.3. The standard InChI is InChI=1S/C7H11F3O6S/c8-7(9,10)4-14-6(11)16-5-2-1-3-15-17(5,12)13/h5,12-13H,1-4H2. The molecule has 2 N–H and O–H groups in total. The van der Waals surface area contributed by atoms with E-state index in [1.165, 1.54) is 0 Å². The van der Waals surface area contributed by atoms with Crippen molar-refractivity contribution in [1.29, 1.82) is 0 Å². The number of alkyl halides is 3. The number of carbonyl (C=O) groups is 1. The molecule has 10 heteroatoms. The first kappa shape index (κ1) is 14.4. The predicted octanol–water partition coefficient (Wildman–Crippen LogP) is 2.50. The van der Waals surface area contributed by atoms with E-state index in [1.807, 2.05) is 0 Å². The SMILES string of the molecule is O=C(OCC(F)(F)F)OC1CCCOS1(O)O. The smallest absolute Gasteiger partial charge is 0.425 e. The van der Waals surface area contributed by atoms with E-state index < -0.39 is 35.2 Å². The van der Waals surface area contributed by atoms with E-state index in [1.54, 1.807) is 0 Å². The second kappa shape index (κ2) is 5.29. The van der Waals surface area contributed by atoms with Crippen molar-refractivity contribution >= 4 is 17.0 Å². The molecular weight excluding hydrogens is 269 g/mol. The van der Waals surface area contributed by atoms with Crippen molar-refractivity contribution in [2.45, 2.75) is 24.5 Å². The van der Waals surface area contributed by atoms with E-state index in [2.05, 4.69) is 13.7 Å². The molecular formula is C7H11F3O6S. The zero-order valence-corrected chi connectivity index (χ0v) is 9.29. The molecule has 17 heavy (non-hydrogen) atoms. The van der Waals surface area contributed by atoms with E-state index in [0.717, 1.165) is 0 Å². The van der Waals surface area contributed by atoms with Crippen LogP contribution in [-0.2, 0) is 13.7 Å². The van der Waals surface area contributed by atoms with Gasteiger partial charge in [-0.2, -0.15) is 13.2 Å². The molecule has 0 aliphatic carbocycles. The molecule has 0 aromatic carbocycles. The molecule has 1 atom stereocenters. The molecule has 102 valence electrons. The van der Waals surface area contributed by atoms with Gasteiger partial charge in [-0.15, -0.1) is 0 Å². The molecule has 1 saturated heterocycles. The lowest BCUT2D eigenvalue weighted by Crippen LogP contribution is -2.31. The fourth-order valence-electron chi connectivity index (χ4n) is 1.06. The Kier molecular flexibility index (Phi) is 4.47. The molecule has 0 aromatic heterocycles. The molecule has 1 unspecified atom stereocenters. The number of ether oxygens (including phenoxy) is 2. The van der Waals surface area contributed by atoms with Crippen LogP contribution in [0.25, 0.3) is 0 Å². The molecule has 0 bridgehead atoms. The molecule has 0 spiro atoms. The Bertz CT molecular complexity index is 281. The van der Waals surface area contributed by atoms with E-state index in [9.17, 15) is 27.1 Å². The van der Waals surface area contributed by atoms with Gasteiger partial charge in [0.2, 0.25) is 5.44 Å². The molecule has 1 rings (SSSR count). The van der Waals surface area contributed by atoms with Crippen LogP contribution in [0, 0.1) is 0 Å². The highest BCUT2D eigenvalue weighted by atomic mass is 32.3. The van der Waals surface area contributed by atoms with E-state index >= 15 is 0 Å². The number of hydrogen-bond acceptors (Lipinski definition) is 6. The van der Waals surface area contributed by atoms with Crippen molar-refractivity contribution in [1.82, 2.24) is 0 Å². The van der Waals surface area contributed by atoms with Gasteiger partial charge in [0.25, 0.3) is 0 Å². The van der Waals surface area contributed by atoms with Crippen molar-refractivity contribution in [2.75, 3.05) is 13.2 Å². The highest BCUT2D eigenvalue weighted by Crippen LogP contribution is 2.50. The lowest BCUT2D eigenvalue weighted by molar-refractivity contribution is -0.166. The van der Waals surface area contributed by atoms with Gasteiger partial charge in [-0.3, -0.25) is 4.18 Å². The summed E-state index contributed by atoms with van der Waals surface area (Å²) in [7, 11) is -3.58. The first-order valence-electron chi connectivity index (χ1n) is 4.52. The van der Waals surface area contributed by atoms with Crippen molar-refractivity contribution in [3.8, 4) is 0 Å². The van der Waals surface area contributed by atoms with Crippen LogP contribution < -0.4 is 0 Å². The molecule has 0 amide bonds. The fraction of sp³-hybridized carbons (Fsp3) is 0.857. The number of halogens is 3. The third-order valence-corrected chi connectivity index (χ3v) is 3.30. The minimum absolute atomic E-state index is 0.0831. The average Bonchev–Trinajstić information content (AvgIpc) is 2.17. The molecule has 1 heterocycles. The largest absolute Gasteiger partial charge is 0.509 e. The Hall–Kier alpha value is -0.710. The van der Waals surface area contributed by atoms with Gasteiger partial charge in [-0.05, 0) is 6.42 Å². The molecule has 0 radical (unpaired) electrons. The maximum Gasteiger partial charge on any atom is 0.509 e. The van der Waals surface area contributed by atoms with Crippen LogP contribution in [-0.4, -0.2) is 40.1 Å². The van der Waals surface area contributed by atoms with Gasteiger partial charge in [-0.25, -0.2) is 4.79 Å². The van der Waals surface area contributed by atoms with Crippen LogP contribution in [0.1, 0.15) is 12.8 Å². The van der Waals surface area contributed by atoms with Gasteiger partial charge in [0.15, 0.2) is 6.61 Å². The summed E-state index contributed by atoms with van der Waals surface area (Å²) in [5, 5.41) is 0. The number of carbonyl (C=O) groups excluding carboxylic acids is 1. The summed E-state index contributed by atoms with van der Waals surface area (Å²) in [6.45, 7) is -1.71. The lowest BCUT2D eigenvalue weighted by Gasteiger charge is -2.36. The number of rotatable bonds is 2. The normalized spacial score (nSPS) is 26.1. The fourth-order valence-corrected chi connectivity index (χ4v) is 2.26. The molecule has 0 aromatic rings. The van der Waals surface area contributed by atoms with E-state index in [0.29, 0.717) is 6.42 Å². The third kappa shape index (κ3) is 4.98. The Morgan fingerprint density at radius 3 is 2.65 bits per heavy atom. The monoisotopic (exact) mass is 280 g/mol. The third-order valence-electron chi connectivity index (χ3n) is 1.76. The van der Waals surface area contributed by atoms with Crippen molar-refractivity contribution in [3.63, 3.8) is 0 Å². The molecule has 1 fully saturated rings. The summed E-state index contributed by atoms with van der Waals surface area (Å²) < 4.78 is 66.3. The van der Waals surface area contributed by atoms with E-state index in [4.69, 9.17) is 0 Å². The van der Waals surface area contributed by atoms with Crippen LogP contribution in [0.3, 0.4) is 0 Å². The zero-order chi connectivity index (χ0) is 13.1. The first-order chi connectivity index (χ1) is 7.71. The van der Waals surface area contributed by atoms with Crippen LogP contribution in [0.2, 0.25) is 0 Å². The van der Waals surface area contributed by atoms with Crippen LogP contribution in [0.15, 0.2) is 0 Å². The van der Waals surface area contributed by atoms with Crippen LogP contribution in [0.5, 0.6) is 0 Å². The Morgan fingerprint density at radius 1 is 1.47 bits per heavy atom.